The number of aromatic carboxylic acids is 1. The average Bonchev–Trinajstić information content (AvgIpc) is 3.46. The second kappa shape index (κ2) is 11.4. The van der Waals surface area contributed by atoms with E-state index in [1.54, 1.807) is 18.2 Å². The summed E-state index contributed by atoms with van der Waals surface area (Å²) >= 11 is 1.23. The topological polar surface area (TPSA) is 117 Å². The van der Waals surface area contributed by atoms with Crippen molar-refractivity contribution in [3.8, 4) is 11.9 Å². The maximum Gasteiger partial charge on any atom is 0.346 e. The summed E-state index contributed by atoms with van der Waals surface area (Å²) in [6.07, 6.45) is 1.12. The molecular formula is C29H29FN6O4S. The molecule has 0 saturated carbocycles. The molecule has 4 aromatic rings. The van der Waals surface area contributed by atoms with Gasteiger partial charge in [0.15, 0.2) is 0 Å². The highest BCUT2D eigenvalue weighted by atomic mass is 32.1. The summed E-state index contributed by atoms with van der Waals surface area (Å²) in [6.45, 7) is 7.12. The first kappa shape index (κ1) is 27.1. The van der Waals surface area contributed by atoms with Crippen molar-refractivity contribution in [2.24, 2.45) is 0 Å². The van der Waals surface area contributed by atoms with E-state index in [1.165, 1.54) is 17.4 Å². The number of hydrogen-bond acceptors (Lipinski definition) is 9. The fourth-order valence-corrected chi connectivity index (χ4v) is 6.27. The van der Waals surface area contributed by atoms with E-state index in [2.05, 4.69) is 19.4 Å². The largest absolute Gasteiger partial charge is 0.477 e. The molecule has 212 valence electrons. The average molecular weight is 577 g/mol. The molecule has 2 fully saturated rings. The summed E-state index contributed by atoms with van der Waals surface area (Å²) in [5.74, 6) is 0.737. The lowest BCUT2D eigenvalue weighted by Gasteiger charge is -2.35. The number of pyridine rings is 1. The molecule has 0 amide bonds. The van der Waals surface area contributed by atoms with E-state index in [9.17, 15) is 14.3 Å². The van der Waals surface area contributed by atoms with Gasteiger partial charge in [0.2, 0.25) is 5.88 Å². The van der Waals surface area contributed by atoms with Crippen molar-refractivity contribution in [1.82, 2.24) is 19.4 Å². The normalized spacial score (nSPS) is 17.4. The summed E-state index contributed by atoms with van der Waals surface area (Å²) in [5.41, 5.74) is 2.29. The molecule has 41 heavy (non-hydrogen) atoms. The smallest absolute Gasteiger partial charge is 0.346 e. The zero-order chi connectivity index (χ0) is 28.5. The first-order valence-electron chi connectivity index (χ1n) is 13.5. The number of rotatable bonds is 9. The van der Waals surface area contributed by atoms with Gasteiger partial charge in [0.25, 0.3) is 0 Å². The van der Waals surface area contributed by atoms with Gasteiger partial charge < -0.3 is 24.0 Å². The minimum Gasteiger partial charge on any atom is -0.477 e. The van der Waals surface area contributed by atoms with Crippen LogP contribution < -0.4 is 9.64 Å². The molecule has 0 aliphatic carbocycles. The molecule has 6 rings (SSSR count). The van der Waals surface area contributed by atoms with Crippen LogP contribution in [0.4, 0.5) is 10.2 Å². The van der Waals surface area contributed by atoms with Gasteiger partial charge in [-0.2, -0.15) is 10.2 Å². The molecule has 1 aromatic carbocycles. The number of anilines is 1. The van der Waals surface area contributed by atoms with Gasteiger partial charge in [-0.15, -0.1) is 11.3 Å². The Labute approximate surface area is 240 Å². The van der Waals surface area contributed by atoms with Gasteiger partial charge in [-0.25, -0.2) is 14.2 Å². The van der Waals surface area contributed by atoms with Crippen molar-refractivity contribution in [2.75, 3.05) is 37.7 Å². The number of aromatic nitrogens is 3. The first-order valence-corrected chi connectivity index (χ1v) is 14.3. The lowest BCUT2D eigenvalue weighted by atomic mass is 10.1. The number of nitriles is 1. The van der Waals surface area contributed by atoms with E-state index in [0.29, 0.717) is 29.4 Å². The highest BCUT2D eigenvalue weighted by molar-refractivity contribution is 7.20. The molecule has 3 aromatic heterocycles. The van der Waals surface area contributed by atoms with Crippen LogP contribution in [0.3, 0.4) is 0 Å². The molecule has 2 aliphatic rings. The number of nitrogens with zero attached hydrogens (tertiary/aromatic N) is 6. The number of ether oxygens (including phenoxy) is 2. The van der Waals surface area contributed by atoms with Crippen molar-refractivity contribution in [1.29, 1.82) is 5.26 Å². The van der Waals surface area contributed by atoms with E-state index in [-0.39, 0.29) is 18.3 Å². The Hall–Kier alpha value is -4.05. The number of carboxylic acid groups (broad SMARTS) is 1. The number of thiophene rings is 1. The SMILES string of the molecule is Cc1c(C(=O)O)sc2nc(CN3CCN(c4cccc(OCc5ccc(C#N)cc5F)n4)CC3)n(CC3CCO3)c12. The van der Waals surface area contributed by atoms with E-state index >= 15 is 0 Å². The third-order valence-corrected chi connectivity index (χ3v) is 8.77. The fraction of sp³-hybridized carbons (Fsp3) is 0.379. The second-order valence-corrected chi connectivity index (χ2v) is 11.2. The monoisotopic (exact) mass is 576 g/mol. The molecule has 1 N–H and O–H groups in total. The predicted octanol–water partition coefficient (Wildman–Crippen LogP) is 4.20. The second-order valence-electron chi connectivity index (χ2n) is 10.2. The Balaban J connectivity index is 1.10. The Morgan fingerprint density at radius 2 is 2.05 bits per heavy atom. The van der Waals surface area contributed by atoms with Crippen LogP contribution in [0.1, 0.15) is 38.6 Å². The number of carbonyl (C=O) groups is 1. The first-order chi connectivity index (χ1) is 19.9. The highest BCUT2D eigenvalue weighted by Crippen LogP contribution is 2.33. The zero-order valence-corrected chi connectivity index (χ0v) is 23.4. The van der Waals surface area contributed by atoms with Gasteiger partial charge in [0.1, 0.15) is 33.8 Å². The number of fused-ring (bicyclic) bond motifs is 1. The molecule has 2 saturated heterocycles. The summed E-state index contributed by atoms with van der Waals surface area (Å²) in [4.78, 5) is 26.8. The Morgan fingerprint density at radius 1 is 1.24 bits per heavy atom. The van der Waals surface area contributed by atoms with Gasteiger partial charge >= 0.3 is 5.97 Å². The van der Waals surface area contributed by atoms with E-state index in [0.717, 1.165) is 66.8 Å². The number of benzene rings is 1. The van der Waals surface area contributed by atoms with Crippen LogP contribution in [0, 0.1) is 24.1 Å². The van der Waals surface area contributed by atoms with Crippen LogP contribution in [0.2, 0.25) is 0 Å². The van der Waals surface area contributed by atoms with Crippen LogP contribution in [0.15, 0.2) is 36.4 Å². The number of imidazole rings is 1. The Kier molecular flexibility index (Phi) is 7.57. The van der Waals surface area contributed by atoms with Crippen LogP contribution in [-0.2, 0) is 24.4 Å². The quantitative estimate of drug-likeness (QED) is 0.313. The lowest BCUT2D eigenvalue weighted by Crippen LogP contribution is -2.46. The fourth-order valence-electron chi connectivity index (χ4n) is 5.22. The molecule has 0 bridgehead atoms. The van der Waals surface area contributed by atoms with Crippen LogP contribution >= 0.6 is 11.3 Å². The molecule has 2 aliphatic heterocycles. The van der Waals surface area contributed by atoms with Gasteiger partial charge in [-0.3, -0.25) is 4.90 Å². The summed E-state index contributed by atoms with van der Waals surface area (Å²) < 4.78 is 27.8. The molecule has 0 radical (unpaired) electrons. The van der Waals surface area contributed by atoms with Crippen molar-refractivity contribution < 1.29 is 23.8 Å². The standard InChI is InChI=1S/C29H29FN6O4S/c1-18-26-28(41-27(18)29(37)38)33-24(36(26)15-21-7-12-39-21)16-34-8-10-35(11-9-34)23-3-2-4-25(32-23)40-17-20-6-5-19(14-31)13-22(20)30/h2-6,13,21H,7-12,15-17H2,1H3,(H,37,38). The highest BCUT2D eigenvalue weighted by Gasteiger charge is 2.27. The number of aryl methyl sites for hydroxylation is 1. The molecule has 10 nitrogen and oxygen atoms in total. The Morgan fingerprint density at radius 3 is 2.73 bits per heavy atom. The molecule has 1 unspecified atom stereocenters. The lowest BCUT2D eigenvalue weighted by molar-refractivity contribution is -0.0592. The molecule has 1 atom stereocenters. The molecule has 12 heteroatoms. The van der Waals surface area contributed by atoms with Gasteiger partial charge in [0.05, 0.1) is 36.3 Å². The van der Waals surface area contributed by atoms with Crippen molar-refractivity contribution in [2.45, 2.75) is 39.1 Å². The van der Waals surface area contributed by atoms with Crippen molar-refractivity contribution in [3.63, 3.8) is 0 Å². The van der Waals surface area contributed by atoms with Gasteiger partial charge in [-0.1, -0.05) is 12.1 Å². The van der Waals surface area contributed by atoms with Crippen LogP contribution in [0.25, 0.3) is 10.3 Å². The maximum absolute atomic E-state index is 14.2. The van der Waals surface area contributed by atoms with Crippen molar-refractivity contribution >= 4 is 33.5 Å². The number of halogens is 1. The summed E-state index contributed by atoms with van der Waals surface area (Å²) in [7, 11) is 0. The van der Waals surface area contributed by atoms with E-state index in [1.807, 2.05) is 25.1 Å². The number of carboxylic acids is 1. The predicted molar refractivity (Wildman–Crippen MR) is 151 cm³/mol. The molecular weight excluding hydrogens is 547 g/mol. The summed E-state index contributed by atoms with van der Waals surface area (Å²) in [6, 6.07) is 11.8. The third kappa shape index (κ3) is 5.61. The van der Waals surface area contributed by atoms with Crippen LogP contribution in [0.5, 0.6) is 5.88 Å². The molecule has 0 spiro atoms. The zero-order valence-electron chi connectivity index (χ0n) is 22.5. The van der Waals surface area contributed by atoms with E-state index in [4.69, 9.17) is 19.7 Å². The summed E-state index contributed by atoms with van der Waals surface area (Å²) in [5, 5.41) is 18.5. The Bertz CT molecular complexity index is 1630. The maximum atomic E-state index is 14.2. The van der Waals surface area contributed by atoms with Crippen molar-refractivity contribution in [3.05, 3.63) is 69.6 Å². The van der Waals surface area contributed by atoms with Gasteiger partial charge in [-0.05, 0) is 31.5 Å². The number of piperazine rings is 1. The minimum atomic E-state index is -0.917. The third-order valence-electron chi connectivity index (χ3n) is 7.61. The van der Waals surface area contributed by atoms with Gasteiger partial charge in [0, 0.05) is 50.0 Å². The molecule has 5 heterocycles. The van der Waals surface area contributed by atoms with Crippen LogP contribution in [-0.4, -0.2) is 69.4 Å². The number of hydrogen-bond donors (Lipinski definition) is 1. The minimum absolute atomic E-state index is 0.0190. The van der Waals surface area contributed by atoms with E-state index < -0.39 is 11.8 Å².